The van der Waals surface area contributed by atoms with Gasteiger partial charge in [0.2, 0.25) is 5.91 Å². The van der Waals surface area contributed by atoms with Crippen LogP contribution in [0.15, 0.2) is 29.6 Å². The Bertz CT molecular complexity index is 561. The highest BCUT2D eigenvalue weighted by molar-refractivity contribution is 7.18. The smallest absolute Gasteiger partial charge is 0.261 e. The summed E-state index contributed by atoms with van der Waals surface area (Å²) in [6.07, 6.45) is 0.841. The summed E-state index contributed by atoms with van der Waals surface area (Å²) in [5.41, 5.74) is 0. The molecule has 0 aliphatic heterocycles. The monoisotopic (exact) mass is 294 g/mol. The molecule has 0 aromatic carbocycles. The van der Waals surface area contributed by atoms with Crippen LogP contribution >= 0.6 is 22.7 Å². The molecule has 2 heterocycles. The molecule has 0 spiro atoms. The van der Waals surface area contributed by atoms with E-state index < -0.39 is 0 Å². The predicted octanol–water partition coefficient (Wildman–Crippen LogP) is 2.74. The minimum absolute atomic E-state index is 0.0989. The molecule has 0 unspecified atom stereocenters. The Morgan fingerprint density at radius 2 is 2.11 bits per heavy atom. The third-order valence-corrected chi connectivity index (χ3v) is 4.30. The van der Waals surface area contributed by atoms with Crippen molar-refractivity contribution in [2.45, 2.75) is 13.3 Å². The zero-order chi connectivity index (χ0) is 13.7. The van der Waals surface area contributed by atoms with Crippen molar-refractivity contribution in [3.63, 3.8) is 0 Å². The summed E-state index contributed by atoms with van der Waals surface area (Å²) in [4.78, 5) is 24.6. The molecule has 0 saturated carbocycles. The highest BCUT2D eigenvalue weighted by Crippen LogP contribution is 2.21. The van der Waals surface area contributed by atoms with Gasteiger partial charge in [-0.1, -0.05) is 6.07 Å². The van der Waals surface area contributed by atoms with Crippen LogP contribution in [0.1, 0.15) is 21.5 Å². The molecule has 0 radical (unpaired) electrons. The molecule has 6 heteroatoms. The van der Waals surface area contributed by atoms with Gasteiger partial charge in [-0.2, -0.15) is 0 Å². The maximum absolute atomic E-state index is 11.9. The molecule has 2 N–H and O–H groups in total. The minimum Gasteiger partial charge on any atom is -0.351 e. The van der Waals surface area contributed by atoms with Crippen LogP contribution in [0.25, 0.3) is 0 Å². The Hall–Kier alpha value is -1.66. The van der Waals surface area contributed by atoms with Gasteiger partial charge in [-0.25, -0.2) is 0 Å². The number of nitrogens with one attached hydrogen (secondary N) is 2. The van der Waals surface area contributed by atoms with E-state index in [2.05, 4.69) is 16.7 Å². The van der Waals surface area contributed by atoms with Crippen LogP contribution in [0.3, 0.4) is 0 Å². The first-order valence-electron chi connectivity index (χ1n) is 5.83. The Morgan fingerprint density at radius 3 is 2.79 bits per heavy atom. The van der Waals surface area contributed by atoms with Gasteiger partial charge in [0.25, 0.3) is 5.91 Å². The van der Waals surface area contributed by atoms with Gasteiger partial charge in [0.05, 0.1) is 9.88 Å². The van der Waals surface area contributed by atoms with Crippen molar-refractivity contribution >= 4 is 39.5 Å². The van der Waals surface area contributed by atoms with Crippen LogP contribution in [0, 0.1) is 0 Å². The van der Waals surface area contributed by atoms with Gasteiger partial charge in [-0.05, 0) is 30.0 Å². The van der Waals surface area contributed by atoms with Crippen molar-refractivity contribution in [2.75, 3.05) is 11.9 Å². The fourth-order valence-corrected chi connectivity index (χ4v) is 3.12. The molecule has 2 rings (SSSR count). The molecule has 100 valence electrons. The lowest BCUT2D eigenvalue weighted by Crippen LogP contribution is -2.24. The Labute approximate surface area is 119 Å². The van der Waals surface area contributed by atoms with Crippen molar-refractivity contribution in [3.8, 4) is 0 Å². The number of rotatable bonds is 5. The second-order valence-electron chi connectivity index (χ2n) is 3.93. The van der Waals surface area contributed by atoms with Gasteiger partial charge >= 0.3 is 0 Å². The van der Waals surface area contributed by atoms with E-state index in [0.29, 0.717) is 16.4 Å². The molecular weight excluding hydrogens is 280 g/mol. The van der Waals surface area contributed by atoms with E-state index in [0.717, 1.165) is 6.42 Å². The Morgan fingerprint density at radius 1 is 1.26 bits per heavy atom. The van der Waals surface area contributed by atoms with Crippen molar-refractivity contribution in [3.05, 3.63) is 39.4 Å². The van der Waals surface area contributed by atoms with Crippen molar-refractivity contribution in [1.82, 2.24) is 5.32 Å². The van der Waals surface area contributed by atoms with Crippen LogP contribution < -0.4 is 10.6 Å². The topological polar surface area (TPSA) is 58.2 Å². The normalized spacial score (nSPS) is 10.2. The van der Waals surface area contributed by atoms with E-state index in [-0.39, 0.29) is 11.8 Å². The Kier molecular flexibility index (Phi) is 4.70. The summed E-state index contributed by atoms with van der Waals surface area (Å²) >= 11 is 2.96. The number of anilines is 1. The lowest BCUT2D eigenvalue weighted by Gasteiger charge is -2.01. The zero-order valence-corrected chi connectivity index (χ0v) is 12.1. The summed E-state index contributed by atoms with van der Waals surface area (Å²) in [5, 5.41) is 8.24. The highest BCUT2D eigenvalue weighted by atomic mass is 32.1. The van der Waals surface area contributed by atoms with E-state index in [4.69, 9.17) is 0 Å². The van der Waals surface area contributed by atoms with Gasteiger partial charge in [0.15, 0.2) is 0 Å². The average molecular weight is 294 g/mol. The van der Waals surface area contributed by atoms with E-state index in [9.17, 15) is 9.59 Å². The van der Waals surface area contributed by atoms with E-state index >= 15 is 0 Å². The molecule has 19 heavy (non-hydrogen) atoms. The summed E-state index contributed by atoms with van der Waals surface area (Å²) in [6, 6.07) is 7.51. The SMILES string of the molecule is CC(=O)Nc1ccc(C(=O)NCCc2cccs2)s1. The molecule has 4 nitrogen and oxygen atoms in total. The van der Waals surface area contributed by atoms with E-state index in [1.54, 1.807) is 23.5 Å². The summed E-state index contributed by atoms with van der Waals surface area (Å²) < 4.78 is 0. The fraction of sp³-hybridized carbons (Fsp3) is 0.231. The van der Waals surface area contributed by atoms with Gasteiger partial charge in [-0.15, -0.1) is 22.7 Å². The second-order valence-corrected chi connectivity index (χ2v) is 6.05. The standard InChI is InChI=1S/C13H14N2O2S2/c1-9(16)15-12-5-4-11(19-12)13(17)14-7-6-10-3-2-8-18-10/h2-5,8H,6-7H2,1H3,(H,14,17)(H,15,16). The van der Waals surface area contributed by atoms with Crippen molar-refractivity contribution in [2.24, 2.45) is 0 Å². The van der Waals surface area contributed by atoms with Gasteiger partial charge < -0.3 is 10.6 Å². The predicted molar refractivity (Wildman–Crippen MR) is 79.0 cm³/mol. The van der Waals surface area contributed by atoms with Crippen molar-refractivity contribution < 1.29 is 9.59 Å². The number of hydrogen-bond donors (Lipinski definition) is 2. The molecule has 0 fully saturated rings. The molecule has 0 bridgehead atoms. The highest BCUT2D eigenvalue weighted by Gasteiger charge is 2.09. The Balaban J connectivity index is 1.82. The lowest BCUT2D eigenvalue weighted by atomic mass is 10.3. The molecule has 0 aliphatic rings. The zero-order valence-electron chi connectivity index (χ0n) is 10.4. The number of thiophene rings is 2. The lowest BCUT2D eigenvalue weighted by molar-refractivity contribution is -0.114. The van der Waals surface area contributed by atoms with Gasteiger partial charge in [0.1, 0.15) is 0 Å². The van der Waals surface area contributed by atoms with Crippen LogP contribution in [-0.4, -0.2) is 18.4 Å². The minimum atomic E-state index is -0.133. The van der Waals surface area contributed by atoms with Crippen molar-refractivity contribution in [1.29, 1.82) is 0 Å². The fourth-order valence-electron chi connectivity index (χ4n) is 1.54. The summed E-state index contributed by atoms with van der Waals surface area (Å²) in [6.45, 7) is 2.06. The number of carbonyl (C=O) groups excluding carboxylic acids is 2. The van der Waals surface area contributed by atoms with Crippen LogP contribution in [0.2, 0.25) is 0 Å². The van der Waals surface area contributed by atoms with E-state index in [1.807, 2.05) is 11.4 Å². The molecular formula is C13H14N2O2S2. The average Bonchev–Trinajstić information content (AvgIpc) is 2.99. The maximum atomic E-state index is 11.9. The van der Waals surface area contributed by atoms with Crippen LogP contribution in [-0.2, 0) is 11.2 Å². The quantitative estimate of drug-likeness (QED) is 0.891. The molecule has 2 aromatic heterocycles. The number of carbonyl (C=O) groups is 2. The molecule has 0 aliphatic carbocycles. The van der Waals surface area contributed by atoms with E-state index in [1.165, 1.54) is 23.1 Å². The third kappa shape index (κ3) is 4.18. The largest absolute Gasteiger partial charge is 0.351 e. The molecule has 2 aromatic rings. The van der Waals surface area contributed by atoms with Gasteiger partial charge in [0, 0.05) is 18.3 Å². The third-order valence-electron chi connectivity index (χ3n) is 2.37. The molecule has 0 atom stereocenters. The van der Waals surface area contributed by atoms with Gasteiger partial charge in [-0.3, -0.25) is 9.59 Å². The number of amides is 2. The van der Waals surface area contributed by atoms with Crippen LogP contribution in [0.5, 0.6) is 0 Å². The first-order chi connectivity index (χ1) is 9.15. The maximum Gasteiger partial charge on any atom is 0.261 e. The summed E-state index contributed by atoms with van der Waals surface area (Å²) in [5.74, 6) is -0.232. The molecule has 2 amide bonds. The summed E-state index contributed by atoms with van der Waals surface area (Å²) in [7, 11) is 0. The number of hydrogen-bond acceptors (Lipinski definition) is 4. The first kappa shape index (κ1) is 13.8. The second kappa shape index (κ2) is 6.49. The van der Waals surface area contributed by atoms with Crippen LogP contribution in [0.4, 0.5) is 5.00 Å². The first-order valence-corrected chi connectivity index (χ1v) is 7.53. The molecule has 0 saturated heterocycles.